The summed E-state index contributed by atoms with van der Waals surface area (Å²) < 4.78 is 6.38. The third kappa shape index (κ3) is 3.41. The van der Waals surface area contributed by atoms with E-state index < -0.39 is 5.41 Å². The van der Waals surface area contributed by atoms with Crippen LogP contribution < -0.4 is 10.6 Å². The number of benzene rings is 1. The van der Waals surface area contributed by atoms with Crippen molar-refractivity contribution >= 4 is 45.0 Å². The summed E-state index contributed by atoms with van der Waals surface area (Å²) in [6.45, 7) is 2.14. The minimum Gasteiger partial charge on any atom is -0.384 e. The fourth-order valence-corrected chi connectivity index (χ4v) is 3.63. The summed E-state index contributed by atoms with van der Waals surface area (Å²) in [6, 6.07) is 7.90. The Morgan fingerprint density at radius 2 is 2.14 bits per heavy atom. The second kappa shape index (κ2) is 7.37. The molecule has 0 spiro atoms. The number of anilines is 1. The molecule has 1 fully saturated rings. The van der Waals surface area contributed by atoms with Gasteiger partial charge in [0.1, 0.15) is 0 Å². The summed E-state index contributed by atoms with van der Waals surface area (Å²) in [4.78, 5) is 17.2. The minimum atomic E-state index is -0.447. The molecule has 120 valence electrons. The van der Waals surface area contributed by atoms with Crippen molar-refractivity contribution in [1.29, 1.82) is 0 Å². The fraction of sp³-hybridized carbons (Fsp3) is 0.467. The van der Waals surface area contributed by atoms with Gasteiger partial charge in [0.05, 0.1) is 22.2 Å². The topological polar surface area (TPSA) is 63.2 Å². The number of nitrogens with zero attached hydrogens (tertiary/aromatic N) is 1. The maximum Gasteiger partial charge on any atom is 0.234 e. The molecule has 1 aromatic carbocycles. The molecule has 1 amide bonds. The van der Waals surface area contributed by atoms with Crippen LogP contribution in [0.4, 0.5) is 5.13 Å². The first kappa shape index (κ1) is 17.1. The van der Waals surface area contributed by atoms with Gasteiger partial charge in [-0.3, -0.25) is 4.79 Å². The van der Waals surface area contributed by atoms with Crippen LogP contribution in [-0.2, 0) is 9.53 Å². The lowest BCUT2D eigenvalue weighted by atomic mass is 9.79. The van der Waals surface area contributed by atoms with Crippen molar-refractivity contribution in [2.24, 2.45) is 5.41 Å². The number of carbonyl (C=O) groups is 1. The van der Waals surface area contributed by atoms with Crippen LogP contribution in [0.3, 0.4) is 0 Å². The molecular formula is C15H20ClN3O2S. The molecule has 5 nitrogen and oxygen atoms in total. The van der Waals surface area contributed by atoms with Crippen LogP contribution >= 0.6 is 23.7 Å². The van der Waals surface area contributed by atoms with E-state index in [2.05, 4.69) is 15.6 Å². The molecule has 2 N–H and O–H groups in total. The highest BCUT2D eigenvalue weighted by Gasteiger charge is 2.40. The normalized spacial score (nSPS) is 17.0. The summed E-state index contributed by atoms with van der Waals surface area (Å²) >= 11 is 1.51. The summed E-state index contributed by atoms with van der Waals surface area (Å²) in [6.07, 6.45) is 1.58. The van der Waals surface area contributed by atoms with Crippen molar-refractivity contribution in [2.75, 3.05) is 32.1 Å². The van der Waals surface area contributed by atoms with E-state index in [0.29, 0.717) is 11.7 Å². The number of nitrogens with one attached hydrogen (secondary N) is 2. The average Bonchev–Trinajstić information content (AvgIpc) is 2.90. The van der Waals surface area contributed by atoms with Crippen LogP contribution in [0.5, 0.6) is 0 Å². The van der Waals surface area contributed by atoms with Gasteiger partial charge in [-0.2, -0.15) is 0 Å². The average molecular weight is 342 g/mol. The van der Waals surface area contributed by atoms with Gasteiger partial charge in [-0.15, -0.1) is 12.4 Å². The van der Waals surface area contributed by atoms with Crippen LogP contribution in [0, 0.1) is 5.41 Å². The predicted molar refractivity (Wildman–Crippen MR) is 91.9 cm³/mol. The van der Waals surface area contributed by atoms with Gasteiger partial charge in [0.2, 0.25) is 5.91 Å². The quantitative estimate of drug-likeness (QED) is 0.897. The number of rotatable bonds is 4. The Morgan fingerprint density at radius 1 is 1.41 bits per heavy atom. The van der Waals surface area contributed by atoms with Crippen molar-refractivity contribution in [1.82, 2.24) is 10.3 Å². The lowest BCUT2D eigenvalue weighted by Gasteiger charge is -2.35. The van der Waals surface area contributed by atoms with Gasteiger partial charge in [0.15, 0.2) is 5.13 Å². The lowest BCUT2D eigenvalue weighted by molar-refractivity contribution is -0.130. The molecule has 7 heteroatoms. The van der Waals surface area contributed by atoms with Crippen molar-refractivity contribution in [3.05, 3.63) is 24.3 Å². The van der Waals surface area contributed by atoms with E-state index in [4.69, 9.17) is 4.74 Å². The van der Waals surface area contributed by atoms with Crippen LogP contribution in [0.2, 0.25) is 0 Å². The summed E-state index contributed by atoms with van der Waals surface area (Å²) in [7, 11) is 1.65. The number of halogens is 1. The molecule has 2 aromatic rings. The van der Waals surface area contributed by atoms with Gasteiger partial charge >= 0.3 is 0 Å². The number of hydrogen-bond donors (Lipinski definition) is 2. The fourth-order valence-electron chi connectivity index (χ4n) is 2.77. The maximum absolute atomic E-state index is 12.7. The van der Waals surface area contributed by atoms with Gasteiger partial charge in [-0.1, -0.05) is 23.5 Å². The molecule has 1 aliphatic rings. The van der Waals surface area contributed by atoms with E-state index in [0.717, 1.165) is 36.1 Å². The number of methoxy groups -OCH3 is 1. The molecule has 1 saturated heterocycles. The van der Waals surface area contributed by atoms with Gasteiger partial charge in [0.25, 0.3) is 0 Å². The Hall–Kier alpha value is -1.21. The molecule has 0 unspecified atom stereocenters. The number of hydrogen-bond acceptors (Lipinski definition) is 5. The third-order valence-corrected chi connectivity index (χ3v) is 4.93. The monoisotopic (exact) mass is 341 g/mol. The molecule has 0 radical (unpaired) electrons. The van der Waals surface area contributed by atoms with Crippen LogP contribution in [0.25, 0.3) is 10.2 Å². The molecule has 1 aliphatic heterocycles. The number of piperidine rings is 1. The molecule has 0 aliphatic carbocycles. The number of thiazole rings is 1. The molecule has 22 heavy (non-hydrogen) atoms. The molecule has 0 atom stereocenters. The predicted octanol–water partition coefficient (Wildman–Crippen LogP) is 2.67. The third-order valence-electron chi connectivity index (χ3n) is 3.98. The number of carbonyl (C=O) groups excluding carboxylic acids is 1. The Balaban J connectivity index is 0.00000176. The Morgan fingerprint density at radius 3 is 2.82 bits per heavy atom. The van der Waals surface area contributed by atoms with E-state index in [1.807, 2.05) is 24.3 Å². The van der Waals surface area contributed by atoms with Crippen LogP contribution in [0.15, 0.2) is 24.3 Å². The SMILES string of the molecule is COCC1(C(=O)Nc2nc3ccccc3s2)CCNCC1.Cl. The first-order valence-corrected chi connectivity index (χ1v) is 7.92. The smallest absolute Gasteiger partial charge is 0.234 e. The highest BCUT2D eigenvalue weighted by molar-refractivity contribution is 7.22. The summed E-state index contributed by atoms with van der Waals surface area (Å²) in [5.74, 6) is 0.0184. The zero-order valence-electron chi connectivity index (χ0n) is 12.4. The summed E-state index contributed by atoms with van der Waals surface area (Å²) in [5.41, 5.74) is 0.474. The van der Waals surface area contributed by atoms with Gasteiger partial charge in [0, 0.05) is 7.11 Å². The molecule has 0 bridgehead atoms. The lowest BCUT2D eigenvalue weighted by Crippen LogP contribution is -2.47. The van der Waals surface area contributed by atoms with E-state index >= 15 is 0 Å². The number of amides is 1. The van der Waals surface area contributed by atoms with Crippen molar-refractivity contribution in [2.45, 2.75) is 12.8 Å². The van der Waals surface area contributed by atoms with Crippen molar-refractivity contribution in [3.8, 4) is 0 Å². The first-order valence-electron chi connectivity index (χ1n) is 7.10. The van der Waals surface area contributed by atoms with Gasteiger partial charge < -0.3 is 15.4 Å². The largest absolute Gasteiger partial charge is 0.384 e. The molecule has 2 heterocycles. The Kier molecular flexibility index (Phi) is 5.74. The number of aromatic nitrogens is 1. The number of fused-ring (bicyclic) bond motifs is 1. The second-order valence-corrected chi connectivity index (χ2v) is 6.43. The molecule has 0 saturated carbocycles. The molecular weight excluding hydrogens is 322 g/mol. The van der Waals surface area contributed by atoms with Crippen LogP contribution in [0.1, 0.15) is 12.8 Å². The minimum absolute atomic E-state index is 0. The van der Waals surface area contributed by atoms with Gasteiger partial charge in [-0.25, -0.2) is 4.98 Å². The van der Waals surface area contributed by atoms with Crippen molar-refractivity contribution < 1.29 is 9.53 Å². The number of ether oxygens (including phenoxy) is 1. The zero-order chi connectivity index (χ0) is 14.7. The Labute approximate surface area is 139 Å². The van der Waals surface area contributed by atoms with Crippen LogP contribution in [-0.4, -0.2) is 37.7 Å². The molecule has 1 aromatic heterocycles. The van der Waals surface area contributed by atoms with E-state index in [9.17, 15) is 4.79 Å². The van der Waals surface area contributed by atoms with E-state index in [-0.39, 0.29) is 18.3 Å². The van der Waals surface area contributed by atoms with Gasteiger partial charge in [-0.05, 0) is 38.1 Å². The second-order valence-electron chi connectivity index (χ2n) is 5.40. The van der Waals surface area contributed by atoms with E-state index in [1.54, 1.807) is 7.11 Å². The van der Waals surface area contributed by atoms with E-state index in [1.165, 1.54) is 11.3 Å². The highest BCUT2D eigenvalue weighted by Crippen LogP contribution is 2.32. The Bertz CT molecular complexity index is 602. The summed E-state index contributed by atoms with van der Waals surface area (Å²) in [5, 5.41) is 6.94. The maximum atomic E-state index is 12.7. The zero-order valence-corrected chi connectivity index (χ0v) is 14.1. The molecule has 3 rings (SSSR count). The number of para-hydroxylation sites is 1. The first-order chi connectivity index (χ1) is 10.2. The highest BCUT2D eigenvalue weighted by atomic mass is 35.5. The standard InChI is InChI=1S/C15H19N3O2S.ClH/c1-20-10-15(6-8-16-9-7-15)13(19)18-14-17-11-4-2-3-5-12(11)21-14;/h2-5,16H,6-10H2,1H3,(H,17,18,19);1H. The van der Waals surface area contributed by atoms with Crippen molar-refractivity contribution in [3.63, 3.8) is 0 Å².